The van der Waals surface area contributed by atoms with Gasteiger partial charge in [0.25, 0.3) is 0 Å². The van der Waals surface area contributed by atoms with Crippen LogP contribution in [0.2, 0.25) is 10.0 Å². The summed E-state index contributed by atoms with van der Waals surface area (Å²) < 4.78 is 33.4. The van der Waals surface area contributed by atoms with Crippen LogP contribution >= 0.6 is 23.2 Å². The van der Waals surface area contributed by atoms with Crippen molar-refractivity contribution in [1.29, 1.82) is 0 Å². The molecule has 0 unspecified atom stereocenters. The molecule has 9 heteroatoms. The topological polar surface area (TPSA) is 78.9 Å². The van der Waals surface area contributed by atoms with Crippen molar-refractivity contribution in [3.63, 3.8) is 0 Å². The number of aliphatic hydroxyl groups is 1. The minimum Gasteiger partial charge on any atom is -0.491 e. The van der Waals surface area contributed by atoms with Gasteiger partial charge in [-0.3, -0.25) is 4.90 Å². The maximum absolute atomic E-state index is 12.6. The summed E-state index contributed by atoms with van der Waals surface area (Å²) in [7, 11) is -3.66. The Morgan fingerprint density at radius 3 is 2.75 bits per heavy atom. The molecule has 152 valence electrons. The summed E-state index contributed by atoms with van der Waals surface area (Å²) in [6.07, 6.45) is 0.723. The van der Waals surface area contributed by atoms with Gasteiger partial charge in [0.1, 0.15) is 12.4 Å². The van der Waals surface area contributed by atoms with Crippen LogP contribution in [0.1, 0.15) is 12.0 Å². The smallest absolute Gasteiger partial charge is 0.240 e. The van der Waals surface area contributed by atoms with Gasteiger partial charge in [-0.25, -0.2) is 13.1 Å². The summed E-state index contributed by atoms with van der Waals surface area (Å²) in [6, 6.07) is 11.8. The first-order chi connectivity index (χ1) is 13.4. The number of rotatable bonds is 8. The van der Waals surface area contributed by atoms with Gasteiger partial charge in [-0.2, -0.15) is 0 Å². The van der Waals surface area contributed by atoms with Crippen molar-refractivity contribution in [2.45, 2.75) is 23.9 Å². The highest BCUT2D eigenvalue weighted by molar-refractivity contribution is 7.89. The Morgan fingerprint density at radius 1 is 1.18 bits per heavy atom. The quantitative estimate of drug-likeness (QED) is 0.654. The zero-order chi connectivity index (χ0) is 20.1. The molecule has 2 aromatic carbocycles. The summed E-state index contributed by atoms with van der Waals surface area (Å²) in [4.78, 5) is 2.29. The average molecular weight is 445 g/mol. The highest BCUT2D eigenvalue weighted by Crippen LogP contribution is 2.25. The van der Waals surface area contributed by atoms with Crippen LogP contribution in [0.5, 0.6) is 5.75 Å². The van der Waals surface area contributed by atoms with Crippen molar-refractivity contribution < 1.29 is 18.3 Å². The second kappa shape index (κ2) is 9.43. The average Bonchev–Trinajstić information content (AvgIpc) is 3.08. The van der Waals surface area contributed by atoms with E-state index in [1.54, 1.807) is 0 Å². The van der Waals surface area contributed by atoms with E-state index in [4.69, 9.17) is 33.0 Å². The van der Waals surface area contributed by atoms with E-state index in [0.717, 1.165) is 18.5 Å². The molecule has 1 atom stereocenters. The van der Waals surface area contributed by atoms with E-state index in [1.807, 2.05) is 24.3 Å². The number of benzene rings is 2. The molecule has 0 spiro atoms. The molecule has 2 N–H and O–H groups in total. The molecule has 0 radical (unpaired) electrons. The second-order valence-electron chi connectivity index (χ2n) is 6.64. The molecule has 0 saturated carbocycles. The lowest BCUT2D eigenvalue weighted by Crippen LogP contribution is -2.36. The van der Waals surface area contributed by atoms with Gasteiger partial charge in [0.15, 0.2) is 0 Å². The first-order valence-electron chi connectivity index (χ1n) is 8.90. The Morgan fingerprint density at radius 2 is 2.00 bits per heavy atom. The Balaban J connectivity index is 1.58. The summed E-state index contributed by atoms with van der Waals surface area (Å²) >= 11 is 11.8. The van der Waals surface area contributed by atoms with Gasteiger partial charge >= 0.3 is 0 Å². The summed E-state index contributed by atoms with van der Waals surface area (Å²) in [5.41, 5.74) is 1.07. The fourth-order valence-corrected chi connectivity index (χ4v) is 4.81. The van der Waals surface area contributed by atoms with Crippen molar-refractivity contribution in [3.05, 3.63) is 58.1 Å². The normalized spacial score (nSPS) is 17.8. The number of nitrogens with one attached hydrogen (secondary N) is 1. The second-order valence-corrected chi connectivity index (χ2v) is 9.17. The molecule has 1 saturated heterocycles. The molecular formula is C19H22Cl2N2O4S. The Labute approximate surface area is 175 Å². The number of likely N-dealkylation sites (tertiary alicyclic amines) is 1. The van der Waals surface area contributed by atoms with Gasteiger partial charge in [0.05, 0.1) is 21.5 Å². The molecule has 0 amide bonds. The molecule has 3 rings (SSSR count). The predicted molar refractivity (Wildman–Crippen MR) is 109 cm³/mol. The van der Waals surface area contributed by atoms with E-state index in [0.29, 0.717) is 23.9 Å². The van der Waals surface area contributed by atoms with Crippen LogP contribution in [0.3, 0.4) is 0 Å². The third-order valence-corrected chi connectivity index (χ3v) is 6.72. The highest BCUT2D eigenvalue weighted by atomic mass is 35.5. The first kappa shape index (κ1) is 21.4. The standard InChI is InChI=1S/C19H22Cl2N2O4S/c20-18-5-4-17(11-19(18)21)28(25,26)22-15-6-7-23(13-15)12-14-2-1-3-16(10-14)27-9-8-24/h1-5,10-11,15,22,24H,6-9,12-13H2/t15-/m0/s1. The van der Waals surface area contributed by atoms with Crippen LogP contribution in [0.25, 0.3) is 0 Å². The molecular weight excluding hydrogens is 423 g/mol. The molecule has 1 aliphatic heterocycles. The van der Waals surface area contributed by atoms with E-state index in [9.17, 15) is 8.42 Å². The van der Waals surface area contributed by atoms with Gasteiger partial charge in [-0.1, -0.05) is 35.3 Å². The number of ether oxygens (including phenoxy) is 1. The molecule has 1 aliphatic rings. The summed E-state index contributed by atoms with van der Waals surface area (Å²) in [5.74, 6) is 0.711. The Hall–Kier alpha value is -1.35. The predicted octanol–water partition coefficient (Wildman–Crippen LogP) is 2.92. The first-order valence-corrected chi connectivity index (χ1v) is 11.1. The van der Waals surface area contributed by atoms with Crippen LogP contribution in [-0.2, 0) is 16.6 Å². The van der Waals surface area contributed by atoms with Crippen molar-refractivity contribution in [3.8, 4) is 5.75 Å². The summed E-state index contributed by atoms with van der Waals surface area (Å²) in [6.45, 7) is 2.32. The number of hydrogen-bond acceptors (Lipinski definition) is 5. The van der Waals surface area contributed by atoms with E-state index < -0.39 is 10.0 Å². The lowest BCUT2D eigenvalue weighted by molar-refractivity contribution is 0.201. The number of nitrogens with zero attached hydrogens (tertiary/aromatic N) is 1. The largest absolute Gasteiger partial charge is 0.491 e. The molecule has 1 heterocycles. The third-order valence-electron chi connectivity index (χ3n) is 4.46. The maximum Gasteiger partial charge on any atom is 0.240 e. The SMILES string of the molecule is O=S(=O)(N[C@H]1CCN(Cc2cccc(OCCO)c2)C1)c1ccc(Cl)c(Cl)c1. The molecule has 6 nitrogen and oxygen atoms in total. The lowest BCUT2D eigenvalue weighted by Gasteiger charge is -2.17. The van der Waals surface area contributed by atoms with E-state index in [1.165, 1.54) is 18.2 Å². The van der Waals surface area contributed by atoms with Crippen LogP contribution in [0, 0.1) is 0 Å². The summed E-state index contributed by atoms with van der Waals surface area (Å²) in [5, 5.41) is 9.38. The molecule has 1 fully saturated rings. The Bertz CT molecular complexity index is 924. The van der Waals surface area contributed by atoms with Crippen LogP contribution < -0.4 is 9.46 Å². The highest BCUT2D eigenvalue weighted by Gasteiger charge is 2.27. The van der Waals surface area contributed by atoms with Crippen molar-refractivity contribution in [2.75, 3.05) is 26.3 Å². The number of halogens is 2. The van der Waals surface area contributed by atoms with Crippen molar-refractivity contribution in [1.82, 2.24) is 9.62 Å². The fourth-order valence-electron chi connectivity index (χ4n) is 3.16. The van der Waals surface area contributed by atoms with E-state index in [-0.39, 0.29) is 29.2 Å². The number of hydrogen-bond donors (Lipinski definition) is 2. The number of aliphatic hydroxyl groups excluding tert-OH is 1. The van der Waals surface area contributed by atoms with Crippen molar-refractivity contribution in [2.24, 2.45) is 0 Å². The fraction of sp³-hybridized carbons (Fsp3) is 0.368. The van der Waals surface area contributed by atoms with Crippen LogP contribution in [0.15, 0.2) is 47.4 Å². The van der Waals surface area contributed by atoms with Crippen LogP contribution in [0.4, 0.5) is 0 Å². The molecule has 0 bridgehead atoms. The maximum atomic E-state index is 12.6. The van der Waals surface area contributed by atoms with Crippen molar-refractivity contribution >= 4 is 33.2 Å². The van der Waals surface area contributed by atoms with Gasteiger partial charge in [-0.15, -0.1) is 0 Å². The van der Waals surface area contributed by atoms with Gasteiger partial charge in [-0.05, 0) is 42.3 Å². The molecule has 0 aromatic heterocycles. The monoisotopic (exact) mass is 444 g/mol. The van der Waals surface area contributed by atoms with Gasteiger partial charge in [0, 0.05) is 25.7 Å². The van der Waals surface area contributed by atoms with Gasteiger partial charge in [0.2, 0.25) is 10.0 Å². The molecule has 28 heavy (non-hydrogen) atoms. The third kappa shape index (κ3) is 5.59. The minimum absolute atomic E-state index is 0.0307. The zero-order valence-corrected chi connectivity index (χ0v) is 17.5. The lowest BCUT2D eigenvalue weighted by atomic mass is 10.2. The number of sulfonamides is 1. The molecule has 2 aromatic rings. The van der Waals surface area contributed by atoms with Crippen LogP contribution in [-0.4, -0.2) is 50.8 Å². The minimum atomic E-state index is -3.66. The van der Waals surface area contributed by atoms with E-state index >= 15 is 0 Å². The molecule has 0 aliphatic carbocycles. The van der Waals surface area contributed by atoms with Gasteiger partial charge < -0.3 is 9.84 Å². The zero-order valence-electron chi connectivity index (χ0n) is 15.1. The Kier molecular flexibility index (Phi) is 7.20. The van der Waals surface area contributed by atoms with E-state index in [2.05, 4.69) is 9.62 Å².